The highest BCUT2D eigenvalue weighted by atomic mass is 16.1. The first-order valence-corrected chi connectivity index (χ1v) is 6.73. The molecule has 0 bridgehead atoms. The summed E-state index contributed by atoms with van der Waals surface area (Å²) < 4.78 is 0. The van der Waals surface area contributed by atoms with E-state index in [1.165, 1.54) is 0 Å². The van der Waals surface area contributed by atoms with Crippen LogP contribution in [-0.2, 0) is 11.2 Å². The third-order valence-electron chi connectivity index (χ3n) is 3.53. The highest BCUT2D eigenvalue weighted by Crippen LogP contribution is 2.29. The van der Waals surface area contributed by atoms with Crippen LogP contribution in [-0.4, -0.2) is 28.5 Å². The fourth-order valence-electron chi connectivity index (χ4n) is 2.50. The van der Waals surface area contributed by atoms with Crippen LogP contribution in [0.15, 0.2) is 0 Å². The topological polar surface area (TPSA) is 98.1 Å². The van der Waals surface area contributed by atoms with Crippen LogP contribution in [0, 0.1) is 6.92 Å². The van der Waals surface area contributed by atoms with Gasteiger partial charge in [-0.15, -0.1) is 0 Å². The molecule has 6 nitrogen and oxygen atoms in total. The Morgan fingerprint density at radius 2 is 2.21 bits per heavy atom. The molecule has 1 unspecified atom stereocenters. The largest absolute Gasteiger partial charge is 0.383 e. The van der Waals surface area contributed by atoms with Gasteiger partial charge in [0.25, 0.3) is 0 Å². The molecule has 1 aliphatic rings. The first-order chi connectivity index (χ1) is 9.04. The number of hydrogen-bond donors (Lipinski definition) is 2. The Hall–Kier alpha value is -1.85. The molecule has 1 aliphatic heterocycles. The van der Waals surface area contributed by atoms with Crippen molar-refractivity contribution in [1.29, 1.82) is 0 Å². The summed E-state index contributed by atoms with van der Waals surface area (Å²) in [5, 5.41) is 0. The van der Waals surface area contributed by atoms with Crippen LogP contribution in [0.1, 0.15) is 37.6 Å². The van der Waals surface area contributed by atoms with Gasteiger partial charge in [0, 0.05) is 18.5 Å². The number of nitrogen functional groups attached to an aromatic ring is 1. The van der Waals surface area contributed by atoms with Crippen molar-refractivity contribution in [2.45, 2.75) is 45.6 Å². The number of hydrogen-bond acceptors (Lipinski definition) is 5. The predicted octanol–water partition coefficient (Wildman–Crippen LogP) is 0.774. The Morgan fingerprint density at radius 1 is 1.47 bits per heavy atom. The maximum absolute atomic E-state index is 11.5. The van der Waals surface area contributed by atoms with Crippen molar-refractivity contribution in [1.82, 2.24) is 9.97 Å². The molecule has 0 aliphatic carbocycles. The second-order valence-electron chi connectivity index (χ2n) is 4.98. The fourth-order valence-corrected chi connectivity index (χ4v) is 2.50. The number of carbonyl (C=O) groups excluding carboxylic acids is 1. The molecule has 1 aromatic heterocycles. The second-order valence-corrected chi connectivity index (χ2v) is 4.98. The van der Waals surface area contributed by atoms with E-state index in [-0.39, 0.29) is 11.9 Å². The van der Waals surface area contributed by atoms with Gasteiger partial charge in [-0.1, -0.05) is 6.92 Å². The summed E-state index contributed by atoms with van der Waals surface area (Å²) in [5.41, 5.74) is 12.2. The van der Waals surface area contributed by atoms with Crippen molar-refractivity contribution in [3.63, 3.8) is 0 Å². The monoisotopic (exact) mass is 263 g/mol. The van der Waals surface area contributed by atoms with E-state index < -0.39 is 0 Å². The van der Waals surface area contributed by atoms with E-state index in [1.54, 1.807) is 0 Å². The third kappa shape index (κ3) is 2.62. The van der Waals surface area contributed by atoms with Gasteiger partial charge in [-0.25, -0.2) is 9.97 Å². The Labute approximate surface area is 113 Å². The van der Waals surface area contributed by atoms with E-state index in [9.17, 15) is 4.79 Å². The molecule has 104 valence electrons. The minimum atomic E-state index is -0.300. The Kier molecular flexibility index (Phi) is 3.87. The van der Waals surface area contributed by atoms with E-state index in [0.717, 1.165) is 49.4 Å². The van der Waals surface area contributed by atoms with E-state index in [1.807, 2.05) is 11.8 Å². The standard InChI is InChI=1S/C13H21N5O/c1-3-5-10-16-11(14)8(2)13(17-10)18-7-4-6-9(18)12(15)19/h9H,3-7H2,1-2H3,(H2,15,19)(H2,14,16,17). The zero-order valence-electron chi connectivity index (χ0n) is 11.5. The van der Waals surface area contributed by atoms with Gasteiger partial charge >= 0.3 is 0 Å². The van der Waals surface area contributed by atoms with E-state index in [0.29, 0.717) is 5.82 Å². The number of carbonyl (C=O) groups is 1. The Balaban J connectivity index is 2.40. The lowest BCUT2D eigenvalue weighted by molar-refractivity contribution is -0.119. The lowest BCUT2D eigenvalue weighted by atomic mass is 10.2. The van der Waals surface area contributed by atoms with E-state index >= 15 is 0 Å². The molecule has 1 amide bonds. The molecule has 1 fully saturated rings. The van der Waals surface area contributed by atoms with Gasteiger partial charge in [-0.2, -0.15) is 0 Å². The number of aromatic nitrogens is 2. The zero-order valence-corrected chi connectivity index (χ0v) is 11.5. The van der Waals surface area contributed by atoms with Crippen molar-refractivity contribution in [2.75, 3.05) is 17.2 Å². The molecule has 4 N–H and O–H groups in total. The van der Waals surface area contributed by atoms with E-state index in [4.69, 9.17) is 11.5 Å². The molecule has 19 heavy (non-hydrogen) atoms. The first kappa shape index (κ1) is 13.6. The molecule has 0 spiro atoms. The lowest BCUT2D eigenvalue weighted by Gasteiger charge is -2.25. The van der Waals surface area contributed by atoms with Crippen LogP contribution in [0.3, 0.4) is 0 Å². The van der Waals surface area contributed by atoms with Gasteiger partial charge in [0.1, 0.15) is 23.5 Å². The summed E-state index contributed by atoms with van der Waals surface area (Å²) in [6, 6.07) is -0.275. The van der Waals surface area contributed by atoms with Gasteiger partial charge < -0.3 is 16.4 Å². The highest BCUT2D eigenvalue weighted by molar-refractivity contribution is 5.84. The summed E-state index contributed by atoms with van der Waals surface area (Å²) in [6.45, 7) is 4.74. The normalized spacial score (nSPS) is 18.8. The molecule has 0 radical (unpaired) electrons. The molecule has 2 rings (SSSR count). The molecule has 1 atom stereocenters. The quantitative estimate of drug-likeness (QED) is 0.836. The van der Waals surface area contributed by atoms with Gasteiger partial charge in [-0.05, 0) is 26.2 Å². The maximum Gasteiger partial charge on any atom is 0.240 e. The SMILES string of the molecule is CCCc1nc(N)c(C)c(N2CCCC2C(N)=O)n1. The molecule has 0 aromatic carbocycles. The summed E-state index contributed by atoms with van der Waals surface area (Å²) >= 11 is 0. The number of amides is 1. The number of nitrogens with two attached hydrogens (primary N) is 2. The van der Waals surface area contributed by atoms with Crippen LogP contribution in [0.25, 0.3) is 0 Å². The summed E-state index contributed by atoms with van der Waals surface area (Å²) in [5.74, 6) is 1.68. The average Bonchev–Trinajstić information content (AvgIpc) is 2.83. The minimum absolute atomic E-state index is 0.275. The lowest BCUT2D eigenvalue weighted by Crippen LogP contribution is -2.41. The molecule has 1 aromatic rings. The number of anilines is 2. The van der Waals surface area contributed by atoms with E-state index in [2.05, 4.69) is 16.9 Å². The molecule has 1 saturated heterocycles. The summed E-state index contributed by atoms with van der Waals surface area (Å²) in [6.07, 6.45) is 3.47. The number of aryl methyl sites for hydroxylation is 1. The van der Waals surface area contributed by atoms with Crippen LogP contribution in [0.4, 0.5) is 11.6 Å². The second kappa shape index (κ2) is 5.42. The molecule has 0 saturated carbocycles. The van der Waals surface area contributed by atoms with Crippen molar-refractivity contribution in [3.8, 4) is 0 Å². The Morgan fingerprint density at radius 3 is 2.84 bits per heavy atom. The Bertz CT molecular complexity index is 488. The summed E-state index contributed by atoms with van der Waals surface area (Å²) in [7, 11) is 0. The van der Waals surface area contributed by atoms with Crippen LogP contribution in [0.2, 0.25) is 0 Å². The zero-order chi connectivity index (χ0) is 14.0. The molecular formula is C13H21N5O. The highest BCUT2D eigenvalue weighted by Gasteiger charge is 2.31. The smallest absolute Gasteiger partial charge is 0.240 e. The number of rotatable bonds is 4. The fraction of sp³-hybridized carbons (Fsp3) is 0.615. The molecule has 6 heteroatoms. The van der Waals surface area contributed by atoms with Crippen LogP contribution < -0.4 is 16.4 Å². The van der Waals surface area contributed by atoms with Crippen molar-refractivity contribution in [3.05, 3.63) is 11.4 Å². The predicted molar refractivity (Wildman–Crippen MR) is 74.7 cm³/mol. The average molecular weight is 263 g/mol. The van der Waals surface area contributed by atoms with Gasteiger partial charge in [-0.3, -0.25) is 4.79 Å². The number of primary amides is 1. The van der Waals surface area contributed by atoms with Crippen LogP contribution >= 0.6 is 0 Å². The van der Waals surface area contributed by atoms with Crippen LogP contribution in [0.5, 0.6) is 0 Å². The summed E-state index contributed by atoms with van der Waals surface area (Å²) in [4.78, 5) is 22.3. The van der Waals surface area contributed by atoms with Crippen molar-refractivity contribution >= 4 is 17.5 Å². The van der Waals surface area contributed by atoms with Gasteiger partial charge in [0.2, 0.25) is 5.91 Å². The maximum atomic E-state index is 11.5. The molecular weight excluding hydrogens is 242 g/mol. The van der Waals surface area contributed by atoms with Crippen molar-refractivity contribution < 1.29 is 4.79 Å². The third-order valence-corrected chi connectivity index (χ3v) is 3.53. The minimum Gasteiger partial charge on any atom is -0.383 e. The van der Waals surface area contributed by atoms with Gasteiger partial charge in [0.15, 0.2) is 0 Å². The first-order valence-electron chi connectivity index (χ1n) is 6.73. The number of nitrogens with zero attached hydrogens (tertiary/aromatic N) is 3. The van der Waals surface area contributed by atoms with Gasteiger partial charge in [0.05, 0.1) is 0 Å². The van der Waals surface area contributed by atoms with Crippen molar-refractivity contribution in [2.24, 2.45) is 5.73 Å². The molecule has 2 heterocycles.